The van der Waals surface area contributed by atoms with E-state index >= 15 is 0 Å². The SMILES string of the molecule is Clc1nc(Cl)nc(-c2ccc(-c3ccccc3)c3ccccc23)n1. The van der Waals surface area contributed by atoms with Gasteiger partial charge in [0.15, 0.2) is 5.82 Å². The van der Waals surface area contributed by atoms with Gasteiger partial charge in [-0.1, -0.05) is 60.7 Å². The lowest BCUT2D eigenvalue weighted by Gasteiger charge is -2.11. The van der Waals surface area contributed by atoms with Crippen LogP contribution in [0.3, 0.4) is 0 Å². The predicted molar refractivity (Wildman–Crippen MR) is 98.2 cm³/mol. The van der Waals surface area contributed by atoms with Crippen LogP contribution in [-0.4, -0.2) is 15.0 Å². The van der Waals surface area contributed by atoms with E-state index in [4.69, 9.17) is 23.2 Å². The Labute approximate surface area is 148 Å². The Balaban J connectivity index is 2.00. The van der Waals surface area contributed by atoms with Crippen LogP contribution in [0.15, 0.2) is 66.7 Å². The molecule has 24 heavy (non-hydrogen) atoms. The van der Waals surface area contributed by atoms with Crippen molar-refractivity contribution in [3.05, 3.63) is 77.3 Å². The molecule has 0 aliphatic carbocycles. The lowest BCUT2D eigenvalue weighted by molar-refractivity contribution is 1.06. The van der Waals surface area contributed by atoms with E-state index in [0.29, 0.717) is 5.82 Å². The minimum atomic E-state index is 0.0845. The molecule has 0 aliphatic rings. The molecule has 0 saturated carbocycles. The standard InChI is InChI=1S/C19H11Cl2N3/c20-18-22-17(23-19(21)24-18)16-11-10-13(12-6-2-1-3-7-12)14-8-4-5-9-15(14)16/h1-11H. The number of hydrogen-bond donors (Lipinski definition) is 0. The van der Waals surface area contributed by atoms with E-state index in [1.54, 1.807) is 0 Å². The molecule has 1 aromatic heterocycles. The topological polar surface area (TPSA) is 38.7 Å². The van der Waals surface area contributed by atoms with Crippen molar-refractivity contribution >= 4 is 34.0 Å². The third kappa shape index (κ3) is 2.73. The van der Waals surface area contributed by atoms with Crippen LogP contribution in [0.5, 0.6) is 0 Å². The number of hydrogen-bond acceptors (Lipinski definition) is 3. The van der Waals surface area contributed by atoms with E-state index in [1.807, 2.05) is 42.5 Å². The van der Waals surface area contributed by atoms with Crippen LogP contribution in [0.2, 0.25) is 10.6 Å². The van der Waals surface area contributed by atoms with Gasteiger partial charge in [0.2, 0.25) is 10.6 Å². The Morgan fingerprint density at radius 3 is 1.75 bits per heavy atom. The second-order valence-electron chi connectivity index (χ2n) is 5.27. The summed E-state index contributed by atoms with van der Waals surface area (Å²) in [5.74, 6) is 0.468. The smallest absolute Gasteiger partial charge is 0.198 e. The summed E-state index contributed by atoms with van der Waals surface area (Å²) in [7, 11) is 0. The van der Waals surface area contributed by atoms with Crippen molar-refractivity contribution in [1.82, 2.24) is 15.0 Å². The first-order valence-electron chi connectivity index (χ1n) is 7.37. The van der Waals surface area contributed by atoms with Gasteiger partial charge in [0.25, 0.3) is 0 Å². The van der Waals surface area contributed by atoms with Crippen LogP contribution >= 0.6 is 23.2 Å². The summed E-state index contributed by atoms with van der Waals surface area (Å²) in [4.78, 5) is 12.2. The number of halogens is 2. The third-order valence-electron chi connectivity index (χ3n) is 3.83. The van der Waals surface area contributed by atoms with Gasteiger partial charge in [-0.3, -0.25) is 0 Å². The lowest BCUT2D eigenvalue weighted by atomic mass is 9.95. The second kappa shape index (κ2) is 6.19. The van der Waals surface area contributed by atoms with Crippen molar-refractivity contribution in [3.8, 4) is 22.5 Å². The molecule has 4 rings (SSSR count). The highest BCUT2D eigenvalue weighted by Crippen LogP contribution is 2.34. The van der Waals surface area contributed by atoms with Gasteiger partial charge in [-0.15, -0.1) is 0 Å². The fraction of sp³-hybridized carbons (Fsp3) is 0. The highest BCUT2D eigenvalue weighted by atomic mass is 35.5. The summed E-state index contributed by atoms with van der Waals surface area (Å²) < 4.78 is 0. The van der Waals surface area contributed by atoms with E-state index in [2.05, 4.69) is 39.2 Å². The predicted octanol–water partition coefficient (Wildman–Crippen LogP) is 5.67. The molecule has 0 saturated heterocycles. The maximum atomic E-state index is 5.93. The van der Waals surface area contributed by atoms with Gasteiger partial charge in [0.05, 0.1) is 0 Å². The summed E-state index contributed by atoms with van der Waals surface area (Å²) in [6.07, 6.45) is 0. The molecule has 0 bridgehead atoms. The van der Waals surface area contributed by atoms with Crippen LogP contribution in [0.4, 0.5) is 0 Å². The van der Waals surface area contributed by atoms with Crippen LogP contribution in [0.1, 0.15) is 0 Å². The zero-order chi connectivity index (χ0) is 16.5. The Kier molecular flexibility index (Phi) is 3.89. The molecule has 4 aromatic rings. The molecule has 0 fully saturated rings. The normalized spacial score (nSPS) is 10.9. The van der Waals surface area contributed by atoms with Gasteiger partial charge in [-0.2, -0.15) is 15.0 Å². The van der Waals surface area contributed by atoms with Gasteiger partial charge in [0, 0.05) is 5.56 Å². The van der Waals surface area contributed by atoms with Crippen LogP contribution < -0.4 is 0 Å². The Morgan fingerprint density at radius 1 is 0.542 bits per heavy atom. The molecule has 1 heterocycles. The van der Waals surface area contributed by atoms with E-state index in [1.165, 1.54) is 0 Å². The molecule has 0 unspecified atom stereocenters. The van der Waals surface area contributed by atoms with Crippen molar-refractivity contribution in [3.63, 3.8) is 0 Å². The first-order chi connectivity index (χ1) is 11.7. The van der Waals surface area contributed by atoms with Gasteiger partial charge in [-0.05, 0) is 51.2 Å². The third-order valence-corrected chi connectivity index (χ3v) is 4.17. The van der Waals surface area contributed by atoms with E-state index in [-0.39, 0.29) is 10.6 Å². The van der Waals surface area contributed by atoms with E-state index in [0.717, 1.165) is 27.5 Å². The molecule has 0 aliphatic heterocycles. The fourth-order valence-electron chi connectivity index (χ4n) is 2.81. The number of fused-ring (bicyclic) bond motifs is 1. The van der Waals surface area contributed by atoms with Gasteiger partial charge in [-0.25, -0.2) is 0 Å². The van der Waals surface area contributed by atoms with Crippen molar-refractivity contribution in [1.29, 1.82) is 0 Å². The van der Waals surface area contributed by atoms with Gasteiger partial charge < -0.3 is 0 Å². The summed E-state index contributed by atoms with van der Waals surface area (Å²) in [6, 6.07) is 22.5. The Hall–Kier alpha value is -2.49. The molecule has 0 radical (unpaired) electrons. The minimum absolute atomic E-state index is 0.0845. The van der Waals surface area contributed by atoms with Gasteiger partial charge >= 0.3 is 0 Å². The zero-order valence-electron chi connectivity index (χ0n) is 12.4. The Morgan fingerprint density at radius 2 is 1.08 bits per heavy atom. The number of nitrogens with zero attached hydrogens (tertiary/aromatic N) is 3. The minimum Gasteiger partial charge on any atom is -0.198 e. The molecule has 116 valence electrons. The quantitative estimate of drug-likeness (QED) is 0.467. The first kappa shape index (κ1) is 15.1. The first-order valence-corrected chi connectivity index (χ1v) is 8.12. The summed E-state index contributed by atoms with van der Waals surface area (Å²) in [5, 5.41) is 2.33. The molecule has 3 aromatic carbocycles. The molecule has 0 spiro atoms. The molecule has 0 atom stereocenters. The molecule has 5 heteroatoms. The number of aromatic nitrogens is 3. The molecule has 0 N–H and O–H groups in total. The molecular formula is C19H11Cl2N3. The van der Waals surface area contributed by atoms with Gasteiger partial charge in [0.1, 0.15) is 0 Å². The fourth-order valence-corrected chi connectivity index (χ4v) is 3.17. The van der Waals surface area contributed by atoms with Crippen LogP contribution in [-0.2, 0) is 0 Å². The second-order valence-corrected chi connectivity index (χ2v) is 5.95. The average molecular weight is 352 g/mol. The van der Waals surface area contributed by atoms with Crippen molar-refractivity contribution in [2.45, 2.75) is 0 Å². The van der Waals surface area contributed by atoms with E-state index < -0.39 is 0 Å². The lowest BCUT2D eigenvalue weighted by Crippen LogP contribution is -1.95. The summed E-state index contributed by atoms with van der Waals surface area (Å²) in [5.41, 5.74) is 3.18. The van der Waals surface area contributed by atoms with Crippen LogP contribution in [0.25, 0.3) is 33.3 Å². The monoisotopic (exact) mass is 351 g/mol. The molecule has 0 amide bonds. The van der Waals surface area contributed by atoms with Crippen molar-refractivity contribution < 1.29 is 0 Å². The Bertz CT molecular complexity index is 1010. The average Bonchev–Trinajstić information content (AvgIpc) is 2.60. The van der Waals surface area contributed by atoms with Crippen LogP contribution in [0, 0.1) is 0 Å². The zero-order valence-corrected chi connectivity index (χ0v) is 14.0. The largest absolute Gasteiger partial charge is 0.227 e. The van der Waals surface area contributed by atoms with Crippen molar-refractivity contribution in [2.75, 3.05) is 0 Å². The molecule has 3 nitrogen and oxygen atoms in total. The number of rotatable bonds is 2. The maximum absolute atomic E-state index is 5.93. The van der Waals surface area contributed by atoms with E-state index in [9.17, 15) is 0 Å². The maximum Gasteiger partial charge on any atom is 0.227 e. The highest BCUT2D eigenvalue weighted by Gasteiger charge is 2.12. The highest BCUT2D eigenvalue weighted by molar-refractivity contribution is 6.31. The number of benzene rings is 3. The van der Waals surface area contributed by atoms with Crippen molar-refractivity contribution in [2.24, 2.45) is 0 Å². The molecular weight excluding hydrogens is 341 g/mol. The summed E-state index contributed by atoms with van der Waals surface area (Å²) in [6.45, 7) is 0. The summed E-state index contributed by atoms with van der Waals surface area (Å²) >= 11 is 11.9.